The molecule has 4 rings (SSSR count). The zero-order chi connectivity index (χ0) is 21.1. The number of thioether (sulfide) groups is 1. The first kappa shape index (κ1) is 20.9. The number of nitrogens with one attached hydrogen (secondary N) is 1. The van der Waals surface area contributed by atoms with E-state index in [1.807, 2.05) is 31.2 Å². The number of aryl methyl sites for hydroxylation is 1. The smallest absolute Gasteiger partial charge is 0.273 e. The Morgan fingerprint density at radius 3 is 2.77 bits per heavy atom. The third kappa shape index (κ3) is 4.37. The summed E-state index contributed by atoms with van der Waals surface area (Å²) in [5.74, 6) is 0.0542. The highest BCUT2D eigenvalue weighted by atomic mass is 32.2. The fraction of sp³-hybridized carbons (Fsp3) is 0.429. The SMILES string of the molecule is CCc1cccc(NC(=O)CSc2nc3nc(N4CCCC4)sc3c(=O)n2CC)c1. The van der Waals surface area contributed by atoms with E-state index in [-0.39, 0.29) is 17.2 Å². The lowest BCUT2D eigenvalue weighted by atomic mass is 10.1. The number of nitrogens with zero attached hydrogens (tertiary/aromatic N) is 4. The molecule has 2 aromatic heterocycles. The van der Waals surface area contributed by atoms with Crippen molar-refractivity contribution < 1.29 is 4.79 Å². The van der Waals surface area contributed by atoms with Crippen molar-refractivity contribution in [2.45, 2.75) is 44.8 Å². The molecule has 0 atom stereocenters. The second kappa shape index (κ2) is 9.18. The molecule has 1 saturated heterocycles. The standard InChI is InChI=1S/C21H25N5O2S2/c1-3-14-8-7-9-15(12-14)22-16(27)13-29-21-24-18-17(19(28)26(21)4-2)30-20(23-18)25-10-5-6-11-25/h7-9,12H,3-6,10-11,13H2,1-2H3,(H,22,27). The number of amides is 1. The highest BCUT2D eigenvalue weighted by molar-refractivity contribution is 7.99. The third-order valence-electron chi connectivity index (χ3n) is 5.11. The maximum absolute atomic E-state index is 13.0. The Morgan fingerprint density at radius 2 is 2.03 bits per heavy atom. The largest absolute Gasteiger partial charge is 0.348 e. The van der Waals surface area contributed by atoms with E-state index in [0.717, 1.165) is 43.2 Å². The molecule has 30 heavy (non-hydrogen) atoms. The molecule has 7 nitrogen and oxygen atoms in total. The highest BCUT2D eigenvalue weighted by Gasteiger charge is 2.20. The van der Waals surface area contributed by atoms with E-state index in [1.165, 1.54) is 28.7 Å². The van der Waals surface area contributed by atoms with Crippen LogP contribution in [0.3, 0.4) is 0 Å². The Labute approximate surface area is 183 Å². The predicted octanol–water partition coefficient (Wildman–Crippen LogP) is 3.77. The van der Waals surface area contributed by atoms with Gasteiger partial charge in [-0.2, -0.15) is 4.98 Å². The first-order valence-corrected chi connectivity index (χ1v) is 12.1. The number of anilines is 2. The number of rotatable bonds is 7. The highest BCUT2D eigenvalue weighted by Crippen LogP contribution is 2.29. The Kier molecular flexibility index (Phi) is 6.38. The maximum Gasteiger partial charge on any atom is 0.273 e. The van der Waals surface area contributed by atoms with E-state index in [0.29, 0.717) is 22.0 Å². The maximum atomic E-state index is 13.0. The van der Waals surface area contributed by atoms with Gasteiger partial charge in [-0.25, -0.2) is 4.98 Å². The van der Waals surface area contributed by atoms with Crippen molar-refractivity contribution in [2.75, 3.05) is 29.1 Å². The average molecular weight is 444 g/mol. The summed E-state index contributed by atoms with van der Waals surface area (Å²) in [5.41, 5.74) is 2.36. The normalized spacial score (nSPS) is 13.9. The molecule has 0 radical (unpaired) electrons. The van der Waals surface area contributed by atoms with Crippen molar-refractivity contribution in [3.63, 3.8) is 0 Å². The minimum absolute atomic E-state index is 0.0796. The monoisotopic (exact) mass is 443 g/mol. The lowest BCUT2D eigenvalue weighted by Gasteiger charge is -2.11. The number of hydrogen-bond donors (Lipinski definition) is 1. The number of hydrogen-bond acceptors (Lipinski definition) is 7. The topological polar surface area (TPSA) is 80.1 Å². The third-order valence-corrected chi connectivity index (χ3v) is 7.18. The first-order chi connectivity index (χ1) is 14.6. The molecule has 1 fully saturated rings. The number of carbonyl (C=O) groups is 1. The van der Waals surface area contributed by atoms with Gasteiger partial charge in [-0.1, -0.05) is 42.2 Å². The van der Waals surface area contributed by atoms with Crippen molar-refractivity contribution in [3.8, 4) is 0 Å². The molecule has 1 aliphatic rings. The van der Waals surface area contributed by atoms with Crippen LogP contribution < -0.4 is 15.8 Å². The molecular weight excluding hydrogens is 418 g/mol. The van der Waals surface area contributed by atoms with Crippen molar-refractivity contribution in [3.05, 3.63) is 40.2 Å². The Balaban J connectivity index is 1.52. The minimum Gasteiger partial charge on any atom is -0.348 e. The fourth-order valence-corrected chi connectivity index (χ4v) is 5.36. The van der Waals surface area contributed by atoms with Gasteiger partial charge in [0, 0.05) is 25.3 Å². The summed E-state index contributed by atoms with van der Waals surface area (Å²) in [4.78, 5) is 36.9. The lowest BCUT2D eigenvalue weighted by Crippen LogP contribution is -2.23. The molecule has 1 N–H and O–H groups in total. The molecule has 0 aliphatic carbocycles. The van der Waals surface area contributed by atoms with Crippen LogP contribution in [-0.2, 0) is 17.8 Å². The van der Waals surface area contributed by atoms with Crippen molar-refractivity contribution in [2.24, 2.45) is 0 Å². The minimum atomic E-state index is -0.124. The van der Waals surface area contributed by atoms with Crippen LogP contribution in [0, 0.1) is 0 Å². The molecule has 1 aromatic carbocycles. The van der Waals surface area contributed by atoms with Gasteiger partial charge in [0.2, 0.25) is 5.91 Å². The molecule has 3 heterocycles. The summed E-state index contributed by atoms with van der Waals surface area (Å²) in [6.07, 6.45) is 3.22. The summed E-state index contributed by atoms with van der Waals surface area (Å²) in [5, 5.41) is 4.32. The molecule has 1 aliphatic heterocycles. The molecule has 1 amide bonds. The average Bonchev–Trinajstić information content (AvgIpc) is 3.42. The summed E-state index contributed by atoms with van der Waals surface area (Å²) < 4.78 is 2.22. The van der Waals surface area contributed by atoms with Crippen molar-refractivity contribution in [1.29, 1.82) is 0 Å². The van der Waals surface area contributed by atoms with Gasteiger partial charge in [-0.05, 0) is 43.9 Å². The second-order valence-electron chi connectivity index (χ2n) is 7.18. The number of thiazole rings is 1. The van der Waals surface area contributed by atoms with E-state index in [2.05, 4.69) is 27.1 Å². The Morgan fingerprint density at radius 1 is 1.23 bits per heavy atom. The number of carbonyl (C=O) groups excluding carboxylic acids is 1. The Hall–Kier alpha value is -2.39. The first-order valence-electron chi connectivity index (χ1n) is 10.3. The number of benzene rings is 1. The van der Waals surface area contributed by atoms with Crippen LogP contribution in [-0.4, -0.2) is 39.3 Å². The van der Waals surface area contributed by atoms with Crippen LogP contribution in [0.2, 0.25) is 0 Å². The van der Waals surface area contributed by atoms with E-state index in [9.17, 15) is 9.59 Å². The second-order valence-corrected chi connectivity index (χ2v) is 9.10. The molecule has 0 saturated carbocycles. The van der Waals surface area contributed by atoms with Crippen molar-refractivity contribution in [1.82, 2.24) is 14.5 Å². The summed E-state index contributed by atoms with van der Waals surface area (Å²) >= 11 is 2.69. The van der Waals surface area contributed by atoms with Gasteiger partial charge < -0.3 is 10.2 Å². The Bertz CT molecular complexity index is 1120. The lowest BCUT2D eigenvalue weighted by molar-refractivity contribution is -0.113. The molecule has 0 bridgehead atoms. The van der Waals surface area contributed by atoms with Gasteiger partial charge in [0.15, 0.2) is 15.9 Å². The van der Waals surface area contributed by atoms with Gasteiger partial charge in [0.1, 0.15) is 4.70 Å². The number of fused-ring (bicyclic) bond motifs is 1. The van der Waals surface area contributed by atoms with Crippen LogP contribution in [0.1, 0.15) is 32.3 Å². The quantitative estimate of drug-likeness (QED) is 0.442. The zero-order valence-electron chi connectivity index (χ0n) is 17.2. The summed E-state index contributed by atoms with van der Waals surface area (Å²) in [6.45, 7) is 6.45. The van der Waals surface area contributed by atoms with Crippen LogP contribution in [0.25, 0.3) is 10.3 Å². The van der Waals surface area contributed by atoms with Crippen LogP contribution in [0.4, 0.5) is 10.8 Å². The van der Waals surface area contributed by atoms with E-state index < -0.39 is 0 Å². The van der Waals surface area contributed by atoms with E-state index in [4.69, 9.17) is 0 Å². The molecule has 158 valence electrons. The number of aromatic nitrogens is 3. The molecule has 3 aromatic rings. The fourth-order valence-electron chi connectivity index (χ4n) is 3.51. The van der Waals surface area contributed by atoms with E-state index in [1.54, 1.807) is 4.57 Å². The molecule has 9 heteroatoms. The van der Waals surface area contributed by atoms with Crippen LogP contribution >= 0.6 is 23.1 Å². The summed E-state index contributed by atoms with van der Waals surface area (Å²) in [6, 6.07) is 7.83. The van der Waals surface area contributed by atoms with Crippen LogP contribution in [0.15, 0.2) is 34.2 Å². The van der Waals surface area contributed by atoms with Crippen molar-refractivity contribution >= 4 is 50.2 Å². The van der Waals surface area contributed by atoms with Gasteiger partial charge in [0.05, 0.1) is 5.75 Å². The zero-order valence-corrected chi connectivity index (χ0v) is 18.8. The van der Waals surface area contributed by atoms with Gasteiger partial charge >= 0.3 is 0 Å². The molecular formula is C21H25N5O2S2. The molecule has 0 unspecified atom stereocenters. The van der Waals surface area contributed by atoms with Crippen LogP contribution in [0.5, 0.6) is 0 Å². The van der Waals surface area contributed by atoms with Gasteiger partial charge in [-0.3, -0.25) is 14.2 Å². The molecule has 0 spiro atoms. The van der Waals surface area contributed by atoms with Gasteiger partial charge in [0.25, 0.3) is 5.56 Å². The van der Waals surface area contributed by atoms with E-state index >= 15 is 0 Å². The van der Waals surface area contributed by atoms with Gasteiger partial charge in [-0.15, -0.1) is 0 Å². The predicted molar refractivity (Wildman–Crippen MR) is 124 cm³/mol. The summed E-state index contributed by atoms with van der Waals surface area (Å²) in [7, 11) is 0.